The van der Waals surface area contributed by atoms with Crippen LogP contribution in [-0.2, 0) is 0 Å². The molecule has 0 amide bonds. The second-order valence-corrected chi connectivity index (χ2v) is 5.14. The van der Waals surface area contributed by atoms with Gasteiger partial charge in [-0.25, -0.2) is 0 Å². The number of piperidine rings is 1. The van der Waals surface area contributed by atoms with Crippen LogP contribution in [0.5, 0.6) is 11.8 Å². The van der Waals surface area contributed by atoms with Gasteiger partial charge in [0.1, 0.15) is 6.61 Å². The van der Waals surface area contributed by atoms with Gasteiger partial charge in [0.2, 0.25) is 11.8 Å². The molecule has 1 aliphatic heterocycles. The predicted molar refractivity (Wildman–Crippen MR) is 80.2 cm³/mol. The van der Waals surface area contributed by atoms with Gasteiger partial charge in [-0.15, -0.1) is 0 Å². The molecule has 0 bridgehead atoms. The maximum Gasteiger partial charge on any atom is 0.240 e. The van der Waals surface area contributed by atoms with E-state index in [0.29, 0.717) is 30.7 Å². The van der Waals surface area contributed by atoms with E-state index in [0.717, 1.165) is 13.0 Å². The molecule has 0 unspecified atom stereocenters. The van der Waals surface area contributed by atoms with Gasteiger partial charge in [-0.05, 0) is 38.4 Å². The summed E-state index contributed by atoms with van der Waals surface area (Å²) >= 11 is 0. The first-order valence-electron chi connectivity index (χ1n) is 7.54. The lowest BCUT2D eigenvalue weighted by Crippen LogP contribution is -2.33. The number of anilines is 1. The fourth-order valence-corrected chi connectivity index (χ4v) is 2.29. The number of hydrogen-bond acceptors (Lipinski definition) is 5. The molecule has 2 N–H and O–H groups in total. The summed E-state index contributed by atoms with van der Waals surface area (Å²) in [6.45, 7) is 6.65. The van der Waals surface area contributed by atoms with Crippen LogP contribution in [0.25, 0.3) is 0 Å². The standard InChI is InChI=1S/C15H25N3O2/c1-2-11-20-15-13(16)6-7-14(17-15)19-12-10-18-8-4-3-5-9-18/h6-7H,2-5,8-12,16H2,1H3. The molecule has 0 aliphatic carbocycles. The Morgan fingerprint density at radius 1 is 1.15 bits per heavy atom. The smallest absolute Gasteiger partial charge is 0.240 e. The quantitative estimate of drug-likeness (QED) is 0.830. The summed E-state index contributed by atoms with van der Waals surface area (Å²) in [5.74, 6) is 1.06. The summed E-state index contributed by atoms with van der Waals surface area (Å²) in [4.78, 5) is 6.74. The minimum Gasteiger partial charge on any atom is -0.476 e. The van der Waals surface area contributed by atoms with Gasteiger partial charge in [-0.3, -0.25) is 4.90 Å². The monoisotopic (exact) mass is 279 g/mol. The number of nitrogens with two attached hydrogens (primary N) is 1. The molecule has 1 aliphatic rings. The van der Waals surface area contributed by atoms with Crippen molar-refractivity contribution in [1.29, 1.82) is 0 Å². The van der Waals surface area contributed by atoms with Crippen molar-refractivity contribution in [2.45, 2.75) is 32.6 Å². The summed E-state index contributed by atoms with van der Waals surface area (Å²) in [6, 6.07) is 3.58. The maximum atomic E-state index is 5.82. The summed E-state index contributed by atoms with van der Waals surface area (Å²) in [6.07, 6.45) is 4.89. The van der Waals surface area contributed by atoms with Crippen LogP contribution in [0, 0.1) is 0 Å². The third kappa shape index (κ3) is 4.56. The lowest BCUT2D eigenvalue weighted by atomic mass is 10.1. The molecule has 20 heavy (non-hydrogen) atoms. The zero-order chi connectivity index (χ0) is 14.2. The Kier molecular flexibility index (Phi) is 5.92. The zero-order valence-corrected chi connectivity index (χ0v) is 12.3. The van der Waals surface area contributed by atoms with Crippen molar-refractivity contribution in [1.82, 2.24) is 9.88 Å². The SMILES string of the molecule is CCCOc1nc(OCCN2CCCCC2)ccc1N. The molecule has 0 saturated carbocycles. The normalized spacial score (nSPS) is 16.1. The van der Waals surface area contributed by atoms with Crippen molar-refractivity contribution in [3.05, 3.63) is 12.1 Å². The van der Waals surface area contributed by atoms with E-state index < -0.39 is 0 Å². The third-order valence-corrected chi connectivity index (χ3v) is 3.41. The molecular formula is C15H25N3O2. The highest BCUT2D eigenvalue weighted by atomic mass is 16.5. The Hall–Kier alpha value is -1.49. The molecule has 1 fully saturated rings. The van der Waals surface area contributed by atoms with Crippen LogP contribution in [-0.4, -0.2) is 42.7 Å². The molecule has 2 heterocycles. The highest BCUT2D eigenvalue weighted by Crippen LogP contribution is 2.22. The van der Waals surface area contributed by atoms with Crippen LogP contribution in [0.15, 0.2) is 12.1 Å². The minimum absolute atomic E-state index is 0.474. The first kappa shape index (κ1) is 14.9. The second-order valence-electron chi connectivity index (χ2n) is 5.14. The summed E-state index contributed by atoms with van der Waals surface area (Å²) in [7, 11) is 0. The maximum absolute atomic E-state index is 5.82. The van der Waals surface area contributed by atoms with E-state index in [4.69, 9.17) is 15.2 Å². The average molecular weight is 279 g/mol. The van der Waals surface area contributed by atoms with Crippen LogP contribution in [0.4, 0.5) is 5.69 Å². The molecule has 5 heteroatoms. The topological polar surface area (TPSA) is 60.6 Å². The lowest BCUT2D eigenvalue weighted by molar-refractivity contribution is 0.179. The van der Waals surface area contributed by atoms with Gasteiger partial charge in [0.25, 0.3) is 0 Å². The summed E-state index contributed by atoms with van der Waals surface area (Å²) < 4.78 is 11.2. The van der Waals surface area contributed by atoms with E-state index in [1.807, 2.05) is 0 Å². The molecule has 5 nitrogen and oxygen atoms in total. The largest absolute Gasteiger partial charge is 0.476 e. The fraction of sp³-hybridized carbons (Fsp3) is 0.667. The van der Waals surface area contributed by atoms with E-state index in [2.05, 4.69) is 16.8 Å². The molecule has 1 saturated heterocycles. The number of hydrogen-bond donors (Lipinski definition) is 1. The molecule has 1 aromatic rings. The van der Waals surface area contributed by atoms with E-state index in [9.17, 15) is 0 Å². The van der Waals surface area contributed by atoms with Crippen LogP contribution >= 0.6 is 0 Å². The Bertz CT molecular complexity index is 406. The first-order valence-corrected chi connectivity index (χ1v) is 7.54. The Morgan fingerprint density at radius 2 is 1.95 bits per heavy atom. The highest BCUT2D eigenvalue weighted by Gasteiger charge is 2.10. The third-order valence-electron chi connectivity index (χ3n) is 3.41. The first-order chi connectivity index (χ1) is 9.79. The molecule has 112 valence electrons. The average Bonchev–Trinajstić information content (AvgIpc) is 2.49. The predicted octanol–water partition coefficient (Wildman–Crippen LogP) is 2.32. The van der Waals surface area contributed by atoms with Crippen molar-refractivity contribution in [3.8, 4) is 11.8 Å². The van der Waals surface area contributed by atoms with Crippen molar-refractivity contribution in [3.63, 3.8) is 0 Å². The molecule has 1 aromatic heterocycles. The number of nitrogen functional groups attached to an aromatic ring is 1. The van der Waals surface area contributed by atoms with Gasteiger partial charge in [-0.2, -0.15) is 4.98 Å². The molecular weight excluding hydrogens is 254 g/mol. The molecule has 2 rings (SSSR count). The van der Waals surface area contributed by atoms with Crippen LogP contribution in [0.1, 0.15) is 32.6 Å². The molecule has 0 atom stereocenters. The van der Waals surface area contributed by atoms with Crippen LogP contribution in [0.2, 0.25) is 0 Å². The highest BCUT2D eigenvalue weighted by molar-refractivity contribution is 5.49. The van der Waals surface area contributed by atoms with Crippen molar-refractivity contribution in [2.24, 2.45) is 0 Å². The zero-order valence-electron chi connectivity index (χ0n) is 12.3. The lowest BCUT2D eigenvalue weighted by Gasteiger charge is -2.26. The van der Waals surface area contributed by atoms with E-state index >= 15 is 0 Å². The van der Waals surface area contributed by atoms with Gasteiger partial charge in [0, 0.05) is 12.6 Å². The van der Waals surface area contributed by atoms with Gasteiger partial charge < -0.3 is 15.2 Å². The number of nitrogens with zero attached hydrogens (tertiary/aromatic N) is 2. The van der Waals surface area contributed by atoms with Gasteiger partial charge in [0.05, 0.1) is 12.3 Å². The number of aromatic nitrogens is 1. The van der Waals surface area contributed by atoms with E-state index in [1.165, 1.54) is 32.4 Å². The molecule has 0 radical (unpaired) electrons. The minimum atomic E-state index is 0.474. The Labute approximate surface area is 121 Å². The number of likely N-dealkylation sites (tertiary alicyclic amines) is 1. The van der Waals surface area contributed by atoms with E-state index in [1.54, 1.807) is 12.1 Å². The Balaban J connectivity index is 1.79. The van der Waals surface area contributed by atoms with Crippen molar-refractivity contribution < 1.29 is 9.47 Å². The summed E-state index contributed by atoms with van der Waals surface area (Å²) in [5.41, 5.74) is 6.38. The molecule has 0 spiro atoms. The van der Waals surface area contributed by atoms with Crippen molar-refractivity contribution in [2.75, 3.05) is 38.6 Å². The second kappa shape index (κ2) is 7.94. The van der Waals surface area contributed by atoms with Crippen LogP contribution < -0.4 is 15.2 Å². The number of ether oxygens (including phenoxy) is 2. The van der Waals surface area contributed by atoms with Crippen molar-refractivity contribution >= 4 is 5.69 Å². The van der Waals surface area contributed by atoms with Crippen LogP contribution in [0.3, 0.4) is 0 Å². The Morgan fingerprint density at radius 3 is 2.70 bits per heavy atom. The number of pyridine rings is 1. The van der Waals surface area contributed by atoms with E-state index in [-0.39, 0.29) is 0 Å². The number of rotatable bonds is 7. The van der Waals surface area contributed by atoms with Gasteiger partial charge in [0.15, 0.2) is 0 Å². The summed E-state index contributed by atoms with van der Waals surface area (Å²) in [5, 5.41) is 0. The van der Waals surface area contributed by atoms with Gasteiger partial charge >= 0.3 is 0 Å². The van der Waals surface area contributed by atoms with Gasteiger partial charge in [-0.1, -0.05) is 13.3 Å². The molecule has 0 aromatic carbocycles. The fourth-order valence-electron chi connectivity index (χ4n) is 2.29.